The highest BCUT2D eigenvalue weighted by Crippen LogP contribution is 2.19. The third-order valence-electron chi connectivity index (χ3n) is 1.90. The summed E-state index contributed by atoms with van der Waals surface area (Å²) in [5.41, 5.74) is 6.67. The van der Waals surface area contributed by atoms with Gasteiger partial charge in [-0.2, -0.15) is 0 Å². The van der Waals surface area contributed by atoms with Crippen molar-refractivity contribution in [3.63, 3.8) is 0 Å². The highest BCUT2D eigenvalue weighted by atomic mass is 35.5. The first kappa shape index (κ1) is 8.83. The number of oxime groups is 1. The van der Waals surface area contributed by atoms with Crippen molar-refractivity contribution in [1.82, 2.24) is 9.38 Å². The highest BCUT2D eigenvalue weighted by molar-refractivity contribution is 6.33. The average Bonchev–Trinajstić information content (AvgIpc) is 2.59. The summed E-state index contributed by atoms with van der Waals surface area (Å²) < 4.78 is 1.70. The fourth-order valence-electron chi connectivity index (χ4n) is 1.27. The Morgan fingerprint density at radius 1 is 1.64 bits per heavy atom. The van der Waals surface area contributed by atoms with Gasteiger partial charge in [0.2, 0.25) is 0 Å². The summed E-state index contributed by atoms with van der Waals surface area (Å²) in [5.74, 6) is 0.0120. The summed E-state index contributed by atoms with van der Waals surface area (Å²) in [6.07, 6.45) is 3.34. The first-order chi connectivity index (χ1) is 6.74. The highest BCUT2D eigenvalue weighted by Gasteiger charge is 2.09. The van der Waals surface area contributed by atoms with Crippen LogP contribution in [-0.2, 0) is 0 Å². The van der Waals surface area contributed by atoms with Gasteiger partial charge in [0.1, 0.15) is 6.33 Å². The van der Waals surface area contributed by atoms with Crippen LogP contribution in [0.25, 0.3) is 5.52 Å². The van der Waals surface area contributed by atoms with E-state index >= 15 is 0 Å². The summed E-state index contributed by atoms with van der Waals surface area (Å²) in [6, 6.07) is 3.47. The number of hydrogen-bond donors (Lipinski definition) is 2. The molecule has 0 aliphatic rings. The lowest BCUT2D eigenvalue weighted by molar-refractivity contribution is 0.318. The zero-order valence-corrected chi connectivity index (χ0v) is 7.81. The van der Waals surface area contributed by atoms with Crippen molar-refractivity contribution in [2.24, 2.45) is 10.9 Å². The molecule has 14 heavy (non-hydrogen) atoms. The number of nitrogens with zero attached hydrogens (tertiary/aromatic N) is 3. The van der Waals surface area contributed by atoms with Crippen LogP contribution in [0.4, 0.5) is 0 Å². The second kappa shape index (κ2) is 3.19. The molecule has 0 saturated carbocycles. The smallest absolute Gasteiger partial charge is 0.172 e. The molecule has 6 heteroatoms. The Bertz CT molecular complexity index is 505. The van der Waals surface area contributed by atoms with Crippen LogP contribution in [0.5, 0.6) is 0 Å². The topological polar surface area (TPSA) is 75.9 Å². The van der Waals surface area contributed by atoms with Gasteiger partial charge in [0.15, 0.2) is 11.0 Å². The zero-order chi connectivity index (χ0) is 10.1. The van der Waals surface area contributed by atoms with Crippen molar-refractivity contribution in [1.29, 1.82) is 0 Å². The summed E-state index contributed by atoms with van der Waals surface area (Å²) >= 11 is 5.85. The van der Waals surface area contributed by atoms with Crippen LogP contribution in [0.3, 0.4) is 0 Å². The van der Waals surface area contributed by atoms with E-state index in [0.29, 0.717) is 16.2 Å². The molecule has 2 aromatic heterocycles. The lowest BCUT2D eigenvalue weighted by Gasteiger charge is -2.01. The van der Waals surface area contributed by atoms with Gasteiger partial charge >= 0.3 is 0 Å². The van der Waals surface area contributed by atoms with Gasteiger partial charge in [-0.05, 0) is 12.1 Å². The Morgan fingerprint density at radius 3 is 3.14 bits per heavy atom. The maximum Gasteiger partial charge on any atom is 0.172 e. The minimum absolute atomic E-state index is 0.0120. The molecule has 2 rings (SSSR count). The number of amidine groups is 1. The molecule has 0 atom stereocenters. The van der Waals surface area contributed by atoms with Crippen molar-refractivity contribution in [2.45, 2.75) is 0 Å². The van der Waals surface area contributed by atoms with Gasteiger partial charge in [0.05, 0.1) is 5.52 Å². The van der Waals surface area contributed by atoms with Crippen LogP contribution < -0.4 is 5.73 Å². The minimum Gasteiger partial charge on any atom is -0.409 e. The molecule has 0 aromatic carbocycles. The summed E-state index contributed by atoms with van der Waals surface area (Å²) in [7, 11) is 0. The number of nitrogens with two attached hydrogens (primary N) is 1. The molecule has 0 aliphatic carbocycles. The molecule has 0 amide bonds. The van der Waals surface area contributed by atoms with Crippen LogP contribution in [-0.4, -0.2) is 20.4 Å². The Balaban J connectivity index is 2.82. The Kier molecular flexibility index (Phi) is 2.01. The van der Waals surface area contributed by atoms with Gasteiger partial charge in [-0.15, -0.1) is 0 Å². The second-order valence-electron chi connectivity index (χ2n) is 2.70. The minimum atomic E-state index is 0.0120. The number of imidazole rings is 1. The molecule has 3 N–H and O–H groups in total. The van der Waals surface area contributed by atoms with Gasteiger partial charge in [-0.1, -0.05) is 16.8 Å². The molecule has 0 fully saturated rings. The predicted molar refractivity (Wildman–Crippen MR) is 52.7 cm³/mol. The van der Waals surface area contributed by atoms with E-state index in [2.05, 4.69) is 10.1 Å². The van der Waals surface area contributed by atoms with Gasteiger partial charge in [-0.3, -0.25) is 0 Å². The van der Waals surface area contributed by atoms with E-state index in [4.69, 9.17) is 22.5 Å². The molecule has 0 saturated heterocycles. The Hall–Kier alpha value is -1.75. The predicted octanol–water partition coefficient (Wildman–Crippen LogP) is 1.08. The lowest BCUT2D eigenvalue weighted by Crippen LogP contribution is -2.14. The second-order valence-corrected chi connectivity index (χ2v) is 3.06. The number of fused-ring (bicyclic) bond motifs is 1. The third-order valence-corrected chi connectivity index (χ3v) is 2.17. The summed E-state index contributed by atoms with van der Waals surface area (Å²) in [4.78, 5) is 3.91. The van der Waals surface area contributed by atoms with Crippen LogP contribution in [0.15, 0.2) is 29.8 Å². The Morgan fingerprint density at radius 2 is 2.43 bits per heavy atom. The van der Waals surface area contributed by atoms with E-state index in [1.165, 1.54) is 0 Å². The normalized spacial score (nSPS) is 12.2. The van der Waals surface area contributed by atoms with E-state index in [1.54, 1.807) is 29.1 Å². The molecule has 0 spiro atoms. The average molecular weight is 211 g/mol. The van der Waals surface area contributed by atoms with Crippen LogP contribution in [0, 0.1) is 0 Å². The van der Waals surface area contributed by atoms with Crippen LogP contribution >= 0.6 is 11.6 Å². The van der Waals surface area contributed by atoms with E-state index in [1.807, 2.05) is 0 Å². The standard InChI is InChI=1S/C8H7ClN4O/c9-7-6-5(8(10)12-14)2-1-3-13(6)4-11-7/h1-4,14H,(H2,10,12). The van der Waals surface area contributed by atoms with Crippen LogP contribution in [0.1, 0.15) is 5.56 Å². The molecule has 0 radical (unpaired) electrons. The number of rotatable bonds is 1. The number of halogens is 1. The quantitative estimate of drug-likeness (QED) is 0.320. The van der Waals surface area contributed by atoms with E-state index < -0.39 is 0 Å². The van der Waals surface area contributed by atoms with E-state index in [9.17, 15) is 0 Å². The molecule has 5 nitrogen and oxygen atoms in total. The monoisotopic (exact) mass is 210 g/mol. The first-order valence-corrected chi connectivity index (χ1v) is 4.21. The largest absolute Gasteiger partial charge is 0.409 e. The maximum absolute atomic E-state index is 8.57. The van der Waals surface area contributed by atoms with Crippen molar-refractivity contribution in [3.05, 3.63) is 35.4 Å². The van der Waals surface area contributed by atoms with Gasteiger partial charge in [-0.25, -0.2) is 4.98 Å². The maximum atomic E-state index is 8.57. The fraction of sp³-hybridized carbons (Fsp3) is 0. The van der Waals surface area contributed by atoms with Crippen molar-refractivity contribution in [2.75, 3.05) is 0 Å². The lowest BCUT2D eigenvalue weighted by atomic mass is 10.2. The van der Waals surface area contributed by atoms with Gasteiger partial charge in [0.25, 0.3) is 0 Å². The van der Waals surface area contributed by atoms with Crippen molar-refractivity contribution in [3.8, 4) is 0 Å². The Labute approximate surface area is 84.4 Å². The molecule has 0 unspecified atom stereocenters. The summed E-state index contributed by atoms with van der Waals surface area (Å²) in [5, 5.41) is 11.8. The molecule has 2 aromatic rings. The first-order valence-electron chi connectivity index (χ1n) is 3.83. The van der Waals surface area contributed by atoms with E-state index in [-0.39, 0.29) is 5.84 Å². The van der Waals surface area contributed by atoms with Gasteiger partial charge < -0.3 is 15.3 Å². The summed E-state index contributed by atoms with van der Waals surface area (Å²) in [6.45, 7) is 0. The molecule has 72 valence electrons. The number of aromatic nitrogens is 2. The number of pyridine rings is 1. The third kappa shape index (κ3) is 1.18. The van der Waals surface area contributed by atoms with Crippen molar-refractivity contribution < 1.29 is 5.21 Å². The molecular formula is C8H7ClN4O. The molecule has 2 heterocycles. The SMILES string of the molecule is N/C(=N/O)c1cccn2cnc(Cl)c12. The van der Waals surface area contributed by atoms with Crippen molar-refractivity contribution >= 4 is 23.0 Å². The fourth-order valence-corrected chi connectivity index (χ4v) is 1.52. The molecule has 0 bridgehead atoms. The van der Waals surface area contributed by atoms with Gasteiger partial charge in [0, 0.05) is 11.8 Å². The molecule has 0 aliphatic heterocycles. The number of hydrogen-bond acceptors (Lipinski definition) is 3. The van der Waals surface area contributed by atoms with E-state index in [0.717, 1.165) is 0 Å². The molecular weight excluding hydrogens is 204 g/mol. The van der Waals surface area contributed by atoms with Crippen LogP contribution in [0.2, 0.25) is 5.15 Å². The zero-order valence-electron chi connectivity index (χ0n) is 7.05.